The van der Waals surface area contributed by atoms with Gasteiger partial charge in [-0.3, -0.25) is 24.0 Å². The molecule has 3 N–H and O–H groups in total. The number of benzene rings is 1. The van der Waals surface area contributed by atoms with E-state index in [0.29, 0.717) is 48.4 Å². The lowest BCUT2D eigenvalue weighted by atomic mass is 9.85. The first-order valence-corrected chi connectivity index (χ1v) is 12.9. The van der Waals surface area contributed by atoms with Crippen molar-refractivity contribution in [1.82, 2.24) is 34.2 Å². The van der Waals surface area contributed by atoms with Gasteiger partial charge in [0, 0.05) is 66.9 Å². The summed E-state index contributed by atoms with van der Waals surface area (Å²) in [7, 11) is 1.73. The summed E-state index contributed by atoms with van der Waals surface area (Å²) in [5, 5.41) is 7.51. The number of carbonyl (C=O) groups excluding carboxylic acids is 2. The normalized spacial score (nSPS) is 16.5. The van der Waals surface area contributed by atoms with Gasteiger partial charge in [0.1, 0.15) is 5.69 Å². The molecule has 4 aromatic rings. The minimum atomic E-state index is -0.529. The minimum Gasteiger partial charge on any atom is -0.338 e. The number of imidazole rings is 1. The predicted octanol–water partition coefficient (Wildman–Crippen LogP) is 1.23. The van der Waals surface area contributed by atoms with Crippen LogP contribution in [0, 0.1) is 12.8 Å². The van der Waals surface area contributed by atoms with Crippen LogP contribution in [0.25, 0.3) is 5.69 Å². The lowest BCUT2D eigenvalue weighted by Crippen LogP contribution is -2.43. The number of aryl methyl sites for hydroxylation is 3. The van der Waals surface area contributed by atoms with Gasteiger partial charge >= 0.3 is 5.69 Å². The van der Waals surface area contributed by atoms with E-state index in [4.69, 9.17) is 0 Å². The molecule has 1 unspecified atom stereocenters. The fourth-order valence-electron chi connectivity index (χ4n) is 5.57. The van der Waals surface area contributed by atoms with Crippen LogP contribution in [-0.4, -0.2) is 52.6 Å². The van der Waals surface area contributed by atoms with Gasteiger partial charge in [0.05, 0.1) is 17.7 Å². The Hall–Kier alpha value is -4.74. The Morgan fingerprint density at radius 2 is 1.87 bits per heavy atom. The van der Waals surface area contributed by atoms with Crippen LogP contribution < -0.4 is 16.6 Å². The van der Waals surface area contributed by atoms with Gasteiger partial charge < -0.3 is 19.8 Å². The molecule has 1 aliphatic heterocycles. The van der Waals surface area contributed by atoms with Crippen molar-refractivity contribution >= 4 is 17.5 Å². The monoisotopic (exact) mass is 528 g/mol. The second-order valence-corrected chi connectivity index (χ2v) is 10.1. The quantitative estimate of drug-likeness (QED) is 0.363. The van der Waals surface area contributed by atoms with E-state index in [0.717, 1.165) is 22.6 Å². The van der Waals surface area contributed by atoms with Gasteiger partial charge in [-0.25, -0.2) is 9.78 Å². The van der Waals surface area contributed by atoms with Crippen LogP contribution in [0.1, 0.15) is 45.1 Å². The van der Waals surface area contributed by atoms with Crippen LogP contribution in [-0.2, 0) is 37.6 Å². The van der Waals surface area contributed by atoms with Crippen LogP contribution >= 0.6 is 0 Å². The molecule has 6 rings (SSSR count). The summed E-state index contributed by atoms with van der Waals surface area (Å²) in [4.78, 5) is 61.6. The summed E-state index contributed by atoms with van der Waals surface area (Å²) in [6.07, 6.45) is 5.49. The van der Waals surface area contributed by atoms with Crippen molar-refractivity contribution < 1.29 is 9.59 Å². The number of hydrogen-bond donors (Lipinski definition) is 3. The smallest absolute Gasteiger partial charge is 0.325 e. The third-order valence-corrected chi connectivity index (χ3v) is 7.53. The van der Waals surface area contributed by atoms with E-state index in [1.807, 2.05) is 42.0 Å². The van der Waals surface area contributed by atoms with Gasteiger partial charge in [-0.1, -0.05) is 0 Å². The first kappa shape index (κ1) is 24.6. The van der Waals surface area contributed by atoms with Crippen molar-refractivity contribution in [3.05, 3.63) is 91.5 Å². The lowest BCUT2D eigenvalue weighted by molar-refractivity contribution is -0.136. The molecule has 200 valence electrons. The largest absolute Gasteiger partial charge is 0.338 e. The average molecular weight is 529 g/mol. The maximum atomic E-state index is 13.5. The molecule has 4 heterocycles. The van der Waals surface area contributed by atoms with E-state index in [9.17, 15) is 19.2 Å². The summed E-state index contributed by atoms with van der Waals surface area (Å²) in [5.41, 5.74) is 4.55. The number of rotatable bonds is 4. The van der Waals surface area contributed by atoms with Gasteiger partial charge in [0.15, 0.2) is 0 Å². The number of fused-ring (bicyclic) bond motifs is 2. The van der Waals surface area contributed by atoms with Crippen LogP contribution in [0.2, 0.25) is 0 Å². The number of H-pyrrole nitrogens is 2. The average Bonchev–Trinajstić information content (AvgIpc) is 3.50. The zero-order chi connectivity index (χ0) is 27.3. The number of hydrogen-bond acceptors (Lipinski definition) is 6. The molecular weight excluding hydrogens is 500 g/mol. The van der Waals surface area contributed by atoms with Crippen molar-refractivity contribution in [2.45, 2.75) is 39.2 Å². The van der Waals surface area contributed by atoms with Crippen molar-refractivity contribution in [3.8, 4) is 5.69 Å². The summed E-state index contributed by atoms with van der Waals surface area (Å²) in [6, 6.07) is 7.46. The maximum absolute atomic E-state index is 13.5. The van der Waals surface area contributed by atoms with Gasteiger partial charge in [-0.15, -0.1) is 0 Å². The Morgan fingerprint density at radius 1 is 1.08 bits per heavy atom. The highest BCUT2D eigenvalue weighted by Crippen LogP contribution is 2.28. The van der Waals surface area contributed by atoms with Crippen LogP contribution in [0.5, 0.6) is 0 Å². The maximum Gasteiger partial charge on any atom is 0.325 e. The Kier molecular flexibility index (Phi) is 6.01. The Labute approximate surface area is 222 Å². The molecule has 1 aliphatic carbocycles. The fourth-order valence-corrected chi connectivity index (χ4v) is 5.57. The molecule has 2 amide bonds. The first-order valence-electron chi connectivity index (χ1n) is 12.9. The summed E-state index contributed by atoms with van der Waals surface area (Å²) in [6.45, 7) is 2.69. The second kappa shape index (κ2) is 9.53. The summed E-state index contributed by atoms with van der Waals surface area (Å²) >= 11 is 0. The zero-order valence-corrected chi connectivity index (χ0v) is 21.7. The molecule has 39 heavy (non-hydrogen) atoms. The summed E-state index contributed by atoms with van der Waals surface area (Å²) < 4.78 is 3.48. The number of nitrogens with zero attached hydrogens (tertiary/aromatic N) is 5. The van der Waals surface area contributed by atoms with E-state index in [1.165, 1.54) is 0 Å². The Balaban J connectivity index is 1.18. The van der Waals surface area contributed by atoms with Gasteiger partial charge in [0.25, 0.3) is 11.5 Å². The third-order valence-electron chi connectivity index (χ3n) is 7.53. The second-order valence-electron chi connectivity index (χ2n) is 10.1. The van der Waals surface area contributed by atoms with E-state index in [1.54, 1.807) is 23.0 Å². The number of carbonyl (C=O) groups is 2. The third kappa shape index (κ3) is 4.58. The highest BCUT2D eigenvalue weighted by molar-refractivity contribution is 6.04. The van der Waals surface area contributed by atoms with E-state index >= 15 is 0 Å². The van der Waals surface area contributed by atoms with Crippen molar-refractivity contribution in [3.63, 3.8) is 0 Å². The number of amides is 2. The van der Waals surface area contributed by atoms with Crippen molar-refractivity contribution in [2.24, 2.45) is 13.0 Å². The fraction of sp³-hybridized carbons (Fsp3) is 0.333. The zero-order valence-electron chi connectivity index (χ0n) is 21.7. The van der Waals surface area contributed by atoms with Gasteiger partial charge in [0.2, 0.25) is 5.91 Å². The lowest BCUT2D eigenvalue weighted by Gasteiger charge is -2.32. The highest BCUT2D eigenvalue weighted by atomic mass is 16.2. The molecule has 1 aromatic carbocycles. The molecule has 12 nitrogen and oxygen atoms in total. The Bertz CT molecular complexity index is 1710. The molecule has 0 fully saturated rings. The predicted molar refractivity (Wildman–Crippen MR) is 142 cm³/mol. The standard InChI is InChI=1S/C27H28N8O4/c1-15-12-35(14-28-15)18-6-4-17(5-7-18)29-25(37)23-20-13-34(10-9-22(20)32-33(23)2)26(38)16-3-8-21-19(11-16)24(36)31-27(39)30-21/h4-7,12,14,16H,3,8-11,13H2,1-2H3,(H,29,37)(H2,30,31,36,39). The molecule has 2 aliphatic rings. The molecule has 0 saturated carbocycles. The highest BCUT2D eigenvalue weighted by Gasteiger charge is 2.34. The minimum absolute atomic E-state index is 0.0579. The number of aromatic nitrogens is 6. The molecule has 1 atom stereocenters. The number of nitrogens with one attached hydrogen (secondary N) is 3. The number of anilines is 1. The first-order chi connectivity index (χ1) is 18.8. The molecule has 0 bridgehead atoms. The molecular formula is C27H28N8O4. The molecule has 0 radical (unpaired) electrons. The number of aromatic amines is 2. The van der Waals surface area contributed by atoms with E-state index in [2.05, 4.69) is 25.4 Å². The topological polar surface area (TPSA) is 151 Å². The van der Waals surface area contributed by atoms with Crippen molar-refractivity contribution in [1.29, 1.82) is 0 Å². The molecule has 0 saturated heterocycles. The van der Waals surface area contributed by atoms with E-state index in [-0.39, 0.29) is 30.7 Å². The van der Waals surface area contributed by atoms with Crippen LogP contribution in [0.4, 0.5) is 5.69 Å². The molecule has 12 heteroatoms. The van der Waals surface area contributed by atoms with Gasteiger partial charge in [-0.2, -0.15) is 5.10 Å². The summed E-state index contributed by atoms with van der Waals surface area (Å²) in [5.74, 6) is -0.718. The van der Waals surface area contributed by atoms with E-state index < -0.39 is 11.2 Å². The Morgan fingerprint density at radius 3 is 2.62 bits per heavy atom. The van der Waals surface area contributed by atoms with Crippen LogP contribution in [0.15, 0.2) is 46.4 Å². The molecule has 0 spiro atoms. The SMILES string of the molecule is Cc1cn(-c2ccc(NC(=O)c3c4c(nn3C)CCN(C(=O)C3CCc5[nH]c(=O)[nH]c(=O)c5C3)C4)cc2)cn1. The molecule has 3 aromatic heterocycles. The van der Waals surface area contributed by atoms with Crippen LogP contribution in [0.3, 0.4) is 0 Å². The van der Waals surface area contributed by atoms with Gasteiger partial charge in [-0.05, 0) is 50.5 Å². The van der Waals surface area contributed by atoms with Crippen molar-refractivity contribution in [2.75, 3.05) is 11.9 Å².